The van der Waals surface area contributed by atoms with E-state index < -0.39 is 11.6 Å². The van der Waals surface area contributed by atoms with E-state index >= 15 is 0 Å². The van der Waals surface area contributed by atoms with Gasteiger partial charge in [0.1, 0.15) is 11.5 Å². The minimum atomic E-state index is -1.43. The third-order valence-electron chi connectivity index (χ3n) is 3.72. The lowest BCUT2D eigenvalue weighted by Crippen LogP contribution is -2.45. The molecule has 0 saturated heterocycles. The van der Waals surface area contributed by atoms with Crippen LogP contribution in [0.25, 0.3) is 5.57 Å². The molecule has 1 aliphatic rings. The van der Waals surface area contributed by atoms with E-state index in [9.17, 15) is 9.90 Å². The van der Waals surface area contributed by atoms with Gasteiger partial charge in [-0.3, -0.25) is 0 Å². The summed E-state index contributed by atoms with van der Waals surface area (Å²) < 4.78 is 16.5. The molecule has 0 aliphatic heterocycles. The summed E-state index contributed by atoms with van der Waals surface area (Å²) in [6.45, 7) is 3.65. The highest BCUT2D eigenvalue weighted by Crippen LogP contribution is 2.42. The summed E-state index contributed by atoms with van der Waals surface area (Å²) in [6, 6.07) is 5.31. The highest BCUT2D eigenvalue weighted by atomic mass is 16.5. The fourth-order valence-corrected chi connectivity index (χ4v) is 2.74. The van der Waals surface area contributed by atoms with E-state index in [4.69, 9.17) is 14.2 Å². The number of carboxylic acid groups (broad SMARTS) is 1. The quantitative estimate of drug-likeness (QED) is 0.872. The minimum absolute atomic E-state index is 0.231. The van der Waals surface area contributed by atoms with Crippen molar-refractivity contribution in [3.63, 3.8) is 0 Å². The normalized spacial score (nSPS) is 20.3. The van der Waals surface area contributed by atoms with Crippen LogP contribution in [-0.2, 0) is 9.53 Å². The molecule has 0 heterocycles. The highest BCUT2D eigenvalue weighted by Gasteiger charge is 2.45. The zero-order valence-electron chi connectivity index (χ0n) is 13.8. The van der Waals surface area contributed by atoms with Crippen LogP contribution in [0.3, 0.4) is 0 Å². The second-order valence-electron chi connectivity index (χ2n) is 5.58. The average Bonchev–Trinajstić information content (AvgIpc) is 2.54. The van der Waals surface area contributed by atoms with Gasteiger partial charge >= 0.3 is 5.97 Å². The van der Waals surface area contributed by atoms with Gasteiger partial charge in [-0.05, 0) is 26.0 Å². The van der Waals surface area contributed by atoms with Gasteiger partial charge in [-0.2, -0.15) is 0 Å². The molecule has 1 aromatic rings. The van der Waals surface area contributed by atoms with Gasteiger partial charge in [0.05, 0.1) is 20.3 Å². The van der Waals surface area contributed by atoms with Gasteiger partial charge in [0.25, 0.3) is 0 Å². The lowest BCUT2D eigenvalue weighted by atomic mass is 9.81. The molecule has 23 heavy (non-hydrogen) atoms. The average molecular weight is 318 g/mol. The number of rotatable bonds is 6. The maximum atomic E-state index is 12.1. The molecule has 5 heteroatoms. The molecule has 0 saturated carbocycles. The topological polar surface area (TPSA) is 65.0 Å². The van der Waals surface area contributed by atoms with E-state index in [2.05, 4.69) is 0 Å². The molecule has 1 atom stereocenters. The van der Waals surface area contributed by atoms with Gasteiger partial charge < -0.3 is 19.3 Å². The summed E-state index contributed by atoms with van der Waals surface area (Å²) in [4.78, 5) is 12.1. The number of aliphatic carboxylic acids is 1. The predicted molar refractivity (Wildman–Crippen MR) is 87.9 cm³/mol. The Morgan fingerprint density at radius 2 is 2.00 bits per heavy atom. The lowest BCUT2D eigenvalue weighted by Gasteiger charge is -2.35. The van der Waals surface area contributed by atoms with Crippen LogP contribution in [0.4, 0.5) is 0 Å². The van der Waals surface area contributed by atoms with Crippen molar-refractivity contribution >= 4 is 11.5 Å². The molecule has 1 N–H and O–H groups in total. The fourth-order valence-electron chi connectivity index (χ4n) is 2.74. The fraction of sp³-hybridized carbons (Fsp3) is 0.389. The van der Waals surface area contributed by atoms with Gasteiger partial charge in [0, 0.05) is 23.6 Å². The second-order valence-corrected chi connectivity index (χ2v) is 5.58. The maximum Gasteiger partial charge on any atom is 0.341 e. The first-order chi connectivity index (χ1) is 10.9. The van der Waals surface area contributed by atoms with Crippen LogP contribution < -0.4 is 9.47 Å². The lowest BCUT2D eigenvalue weighted by molar-refractivity contribution is -0.161. The molecule has 5 nitrogen and oxygen atoms in total. The third-order valence-corrected chi connectivity index (χ3v) is 3.72. The van der Waals surface area contributed by atoms with Crippen LogP contribution in [0.5, 0.6) is 11.5 Å². The molecule has 0 radical (unpaired) electrons. The van der Waals surface area contributed by atoms with Gasteiger partial charge in [-0.1, -0.05) is 18.2 Å². The smallest absolute Gasteiger partial charge is 0.341 e. The molecule has 0 amide bonds. The van der Waals surface area contributed by atoms with Crippen molar-refractivity contribution in [3.05, 3.63) is 42.0 Å². The van der Waals surface area contributed by atoms with Crippen LogP contribution in [0.1, 0.15) is 25.8 Å². The number of carboxylic acids is 1. The Bertz CT molecular complexity index is 645. The van der Waals surface area contributed by atoms with Gasteiger partial charge in [-0.25, -0.2) is 4.79 Å². The summed E-state index contributed by atoms with van der Waals surface area (Å²) in [7, 11) is 3.11. The molecule has 2 rings (SSSR count). The highest BCUT2D eigenvalue weighted by molar-refractivity contribution is 5.98. The minimum Gasteiger partial charge on any atom is -0.497 e. The molecule has 0 fully saturated rings. The Labute approximate surface area is 136 Å². The molecule has 1 aliphatic carbocycles. The number of allylic oxidation sites excluding steroid dienone is 2. The van der Waals surface area contributed by atoms with Crippen molar-refractivity contribution < 1.29 is 24.1 Å². The first-order valence-electron chi connectivity index (χ1n) is 7.45. The Morgan fingerprint density at radius 1 is 1.26 bits per heavy atom. The van der Waals surface area contributed by atoms with Gasteiger partial charge in [-0.15, -0.1) is 0 Å². The van der Waals surface area contributed by atoms with E-state index in [1.807, 2.05) is 19.9 Å². The van der Waals surface area contributed by atoms with Crippen molar-refractivity contribution in [1.29, 1.82) is 0 Å². The molecule has 0 aromatic heterocycles. The van der Waals surface area contributed by atoms with E-state index in [-0.39, 0.29) is 12.5 Å². The van der Waals surface area contributed by atoms with E-state index in [1.54, 1.807) is 44.6 Å². The zero-order valence-corrected chi connectivity index (χ0v) is 13.8. The van der Waals surface area contributed by atoms with Crippen molar-refractivity contribution in [3.8, 4) is 11.5 Å². The van der Waals surface area contributed by atoms with E-state index in [0.717, 1.165) is 0 Å². The number of hydrogen-bond acceptors (Lipinski definition) is 4. The van der Waals surface area contributed by atoms with Crippen molar-refractivity contribution in [2.24, 2.45) is 0 Å². The van der Waals surface area contributed by atoms with Crippen LogP contribution in [0, 0.1) is 0 Å². The molecule has 0 bridgehead atoms. The Balaban J connectivity index is 2.60. The van der Waals surface area contributed by atoms with Crippen LogP contribution in [-0.4, -0.2) is 37.0 Å². The van der Waals surface area contributed by atoms with Crippen LogP contribution in [0.2, 0.25) is 0 Å². The number of methoxy groups -OCH3 is 2. The molecular weight excluding hydrogens is 296 g/mol. The van der Waals surface area contributed by atoms with Crippen molar-refractivity contribution in [2.45, 2.75) is 32.0 Å². The monoisotopic (exact) mass is 318 g/mol. The Hall–Kier alpha value is -2.27. The van der Waals surface area contributed by atoms with E-state index in [1.165, 1.54) is 0 Å². The first-order valence-corrected chi connectivity index (χ1v) is 7.45. The first kappa shape index (κ1) is 17.1. The summed E-state index contributed by atoms with van der Waals surface area (Å²) in [5, 5.41) is 9.87. The standard InChI is InChI=1S/C18H22O5/c1-12(2)23-18(17(19)20)10-6-5-7-15(18)14-9-8-13(21-3)11-16(14)22-4/h5-9,11-12H,10H2,1-4H3,(H,19,20). The SMILES string of the molecule is COc1ccc(C2=CC=CCC2(OC(C)C)C(=O)O)c(OC)c1. The largest absolute Gasteiger partial charge is 0.497 e. The second kappa shape index (κ2) is 6.87. The van der Waals surface area contributed by atoms with Crippen LogP contribution in [0.15, 0.2) is 36.4 Å². The van der Waals surface area contributed by atoms with Crippen LogP contribution >= 0.6 is 0 Å². The van der Waals surface area contributed by atoms with Crippen molar-refractivity contribution in [2.75, 3.05) is 14.2 Å². The number of ether oxygens (including phenoxy) is 3. The Morgan fingerprint density at radius 3 is 2.57 bits per heavy atom. The number of hydrogen-bond donors (Lipinski definition) is 1. The number of benzene rings is 1. The maximum absolute atomic E-state index is 12.1. The number of carbonyl (C=O) groups is 1. The third kappa shape index (κ3) is 3.24. The molecule has 124 valence electrons. The molecule has 1 aromatic carbocycles. The van der Waals surface area contributed by atoms with Crippen molar-refractivity contribution in [1.82, 2.24) is 0 Å². The Kier molecular flexibility index (Phi) is 5.11. The summed E-state index contributed by atoms with van der Waals surface area (Å²) in [5.41, 5.74) is -0.175. The van der Waals surface area contributed by atoms with Gasteiger partial charge in [0.15, 0.2) is 5.60 Å². The molecule has 1 unspecified atom stereocenters. The molecular formula is C18H22O5. The predicted octanol–water partition coefficient (Wildman–Crippen LogP) is 3.30. The summed E-state index contributed by atoms with van der Waals surface area (Å²) >= 11 is 0. The van der Waals surface area contributed by atoms with Gasteiger partial charge in [0.2, 0.25) is 0 Å². The summed E-state index contributed by atoms with van der Waals surface area (Å²) in [6.07, 6.45) is 5.44. The zero-order chi connectivity index (χ0) is 17.0. The molecule has 0 spiro atoms. The van der Waals surface area contributed by atoms with E-state index in [0.29, 0.717) is 22.6 Å². The summed E-state index contributed by atoms with van der Waals surface area (Å²) in [5.74, 6) is 0.173.